The molecule has 1 fully saturated rings. The van der Waals surface area contributed by atoms with Crippen LogP contribution in [-0.2, 0) is 0 Å². The summed E-state index contributed by atoms with van der Waals surface area (Å²) in [6.45, 7) is 6.36. The number of rotatable bonds is 8. The van der Waals surface area contributed by atoms with Crippen molar-refractivity contribution in [2.75, 3.05) is 13.1 Å². The minimum absolute atomic E-state index is 0.133. The lowest BCUT2D eigenvalue weighted by molar-refractivity contribution is 0.291. The van der Waals surface area contributed by atoms with Crippen LogP contribution in [0.3, 0.4) is 0 Å². The normalized spacial score (nSPS) is 16.8. The fourth-order valence-corrected chi connectivity index (χ4v) is 2.09. The van der Waals surface area contributed by atoms with E-state index in [1.807, 2.05) is 13.8 Å². The highest BCUT2D eigenvalue weighted by Crippen LogP contribution is 2.28. The Hall–Kier alpha value is -0.550. The molecule has 2 heteroatoms. The molecule has 1 saturated carbocycles. The summed E-state index contributed by atoms with van der Waals surface area (Å²) in [5.74, 6) is 1.02. The summed E-state index contributed by atoms with van der Waals surface area (Å²) in [6.07, 6.45) is 9.12. The molecule has 0 radical (unpaired) electrons. The lowest BCUT2D eigenvalue weighted by Gasteiger charge is -2.25. The summed E-state index contributed by atoms with van der Waals surface area (Å²) >= 11 is 0. The molecular weight excluding hydrogens is 196 g/mol. The van der Waals surface area contributed by atoms with Gasteiger partial charge in [0, 0.05) is 0 Å². The van der Waals surface area contributed by atoms with Gasteiger partial charge in [0.05, 0.1) is 11.5 Å². The third kappa shape index (κ3) is 5.51. The zero-order valence-corrected chi connectivity index (χ0v) is 10.9. The fourth-order valence-electron chi connectivity index (χ4n) is 2.09. The van der Waals surface area contributed by atoms with Gasteiger partial charge in [-0.2, -0.15) is 5.26 Å². The summed E-state index contributed by atoms with van der Waals surface area (Å²) in [6, 6.07) is 2.35. The Morgan fingerprint density at radius 2 is 2.00 bits per heavy atom. The summed E-state index contributed by atoms with van der Waals surface area (Å²) in [4.78, 5) is 0. The maximum Gasteiger partial charge on any atom is 0.0683 e. The van der Waals surface area contributed by atoms with Crippen molar-refractivity contribution in [3.8, 4) is 6.07 Å². The van der Waals surface area contributed by atoms with Gasteiger partial charge in [-0.15, -0.1) is 0 Å². The Bertz CT molecular complexity index is 223. The molecule has 1 aliphatic rings. The van der Waals surface area contributed by atoms with E-state index >= 15 is 0 Å². The van der Waals surface area contributed by atoms with Crippen LogP contribution in [0.5, 0.6) is 0 Å². The van der Waals surface area contributed by atoms with E-state index in [1.165, 1.54) is 38.6 Å². The predicted octanol–water partition coefficient (Wildman–Crippen LogP) is 3.49. The zero-order chi connectivity index (χ0) is 11.9. The maximum absolute atomic E-state index is 8.86. The highest BCUT2D eigenvalue weighted by Gasteiger charge is 2.16. The van der Waals surface area contributed by atoms with E-state index in [2.05, 4.69) is 11.4 Å². The maximum atomic E-state index is 8.86. The molecule has 0 saturated heterocycles. The number of unbranched alkanes of at least 4 members (excludes halogenated alkanes) is 1. The van der Waals surface area contributed by atoms with Gasteiger partial charge in [0.1, 0.15) is 0 Å². The largest absolute Gasteiger partial charge is 0.317 e. The van der Waals surface area contributed by atoms with Gasteiger partial charge in [-0.1, -0.05) is 25.7 Å². The van der Waals surface area contributed by atoms with Gasteiger partial charge >= 0.3 is 0 Å². The number of nitriles is 1. The third-order valence-corrected chi connectivity index (χ3v) is 3.66. The molecule has 1 rings (SSSR count). The first kappa shape index (κ1) is 13.5. The molecule has 2 nitrogen and oxygen atoms in total. The minimum atomic E-state index is -0.133. The Labute approximate surface area is 100 Å². The van der Waals surface area contributed by atoms with Crippen molar-refractivity contribution in [2.24, 2.45) is 11.3 Å². The fraction of sp³-hybridized carbons (Fsp3) is 0.929. The van der Waals surface area contributed by atoms with E-state index in [-0.39, 0.29) is 5.41 Å². The molecule has 0 amide bonds. The first-order valence-corrected chi connectivity index (χ1v) is 6.76. The molecule has 0 bridgehead atoms. The van der Waals surface area contributed by atoms with Gasteiger partial charge in [-0.05, 0) is 52.1 Å². The van der Waals surface area contributed by atoms with Crippen LogP contribution in [0.2, 0.25) is 0 Å². The minimum Gasteiger partial charge on any atom is -0.317 e. The van der Waals surface area contributed by atoms with Crippen molar-refractivity contribution in [3.05, 3.63) is 0 Å². The average Bonchev–Trinajstić information content (AvgIpc) is 2.19. The molecule has 0 aromatic rings. The van der Waals surface area contributed by atoms with Crippen molar-refractivity contribution < 1.29 is 0 Å². The van der Waals surface area contributed by atoms with Gasteiger partial charge < -0.3 is 5.32 Å². The van der Waals surface area contributed by atoms with Crippen LogP contribution < -0.4 is 5.32 Å². The summed E-state index contributed by atoms with van der Waals surface area (Å²) < 4.78 is 0. The van der Waals surface area contributed by atoms with E-state index in [0.29, 0.717) is 0 Å². The first-order chi connectivity index (χ1) is 7.64. The standard InChI is InChI=1S/C14H26N2/c1-14(2,12-15)9-3-4-10-16-11-8-13-6-5-7-13/h13,16H,3-11H2,1-2H3. The van der Waals surface area contributed by atoms with Crippen molar-refractivity contribution in [1.82, 2.24) is 5.32 Å². The van der Waals surface area contributed by atoms with Gasteiger partial charge in [0.15, 0.2) is 0 Å². The molecule has 1 aliphatic carbocycles. The summed E-state index contributed by atoms with van der Waals surface area (Å²) in [7, 11) is 0. The average molecular weight is 222 g/mol. The van der Waals surface area contributed by atoms with Crippen molar-refractivity contribution in [1.29, 1.82) is 5.26 Å². The smallest absolute Gasteiger partial charge is 0.0683 e. The van der Waals surface area contributed by atoms with Crippen LogP contribution in [0, 0.1) is 22.7 Å². The molecule has 0 heterocycles. The molecule has 0 atom stereocenters. The highest BCUT2D eigenvalue weighted by atomic mass is 14.8. The van der Waals surface area contributed by atoms with Gasteiger partial charge in [-0.3, -0.25) is 0 Å². The van der Waals surface area contributed by atoms with Crippen LogP contribution in [0.15, 0.2) is 0 Å². The Morgan fingerprint density at radius 3 is 2.56 bits per heavy atom. The quantitative estimate of drug-likeness (QED) is 0.638. The molecule has 0 aliphatic heterocycles. The van der Waals surface area contributed by atoms with Gasteiger partial charge in [0.25, 0.3) is 0 Å². The van der Waals surface area contributed by atoms with Crippen LogP contribution in [0.4, 0.5) is 0 Å². The molecule has 0 spiro atoms. The lowest BCUT2D eigenvalue weighted by Crippen LogP contribution is -2.22. The second-order valence-electron chi connectivity index (χ2n) is 5.79. The Kier molecular flexibility index (Phi) is 5.84. The molecule has 1 N–H and O–H groups in total. The van der Waals surface area contributed by atoms with Gasteiger partial charge in [0.2, 0.25) is 0 Å². The van der Waals surface area contributed by atoms with Crippen LogP contribution in [-0.4, -0.2) is 13.1 Å². The number of nitrogens with zero attached hydrogens (tertiary/aromatic N) is 1. The molecule has 92 valence electrons. The van der Waals surface area contributed by atoms with Crippen LogP contribution in [0.1, 0.15) is 58.8 Å². The number of nitrogens with one attached hydrogen (secondary N) is 1. The molecular formula is C14H26N2. The second-order valence-corrected chi connectivity index (χ2v) is 5.79. The van der Waals surface area contributed by atoms with E-state index in [1.54, 1.807) is 0 Å². The number of hydrogen-bond acceptors (Lipinski definition) is 2. The topological polar surface area (TPSA) is 35.8 Å². The van der Waals surface area contributed by atoms with Crippen LogP contribution >= 0.6 is 0 Å². The summed E-state index contributed by atoms with van der Waals surface area (Å²) in [5, 5.41) is 12.4. The SMILES string of the molecule is CC(C)(C#N)CCCCNCCC1CCC1. The van der Waals surface area contributed by atoms with E-state index in [9.17, 15) is 0 Å². The Morgan fingerprint density at radius 1 is 1.25 bits per heavy atom. The molecule has 0 unspecified atom stereocenters. The predicted molar refractivity (Wildman–Crippen MR) is 68.1 cm³/mol. The van der Waals surface area contributed by atoms with E-state index in [0.717, 1.165) is 25.3 Å². The van der Waals surface area contributed by atoms with Gasteiger partial charge in [-0.25, -0.2) is 0 Å². The van der Waals surface area contributed by atoms with E-state index in [4.69, 9.17) is 5.26 Å². The molecule has 16 heavy (non-hydrogen) atoms. The zero-order valence-electron chi connectivity index (χ0n) is 10.9. The van der Waals surface area contributed by atoms with Crippen molar-refractivity contribution >= 4 is 0 Å². The van der Waals surface area contributed by atoms with Crippen molar-refractivity contribution in [2.45, 2.75) is 58.8 Å². The molecule has 0 aromatic carbocycles. The second kappa shape index (κ2) is 6.91. The monoisotopic (exact) mass is 222 g/mol. The van der Waals surface area contributed by atoms with Crippen molar-refractivity contribution in [3.63, 3.8) is 0 Å². The number of hydrogen-bond donors (Lipinski definition) is 1. The highest BCUT2D eigenvalue weighted by molar-refractivity contribution is 4.91. The lowest BCUT2D eigenvalue weighted by atomic mass is 9.83. The van der Waals surface area contributed by atoms with E-state index < -0.39 is 0 Å². The van der Waals surface area contributed by atoms with Crippen LogP contribution in [0.25, 0.3) is 0 Å². The third-order valence-electron chi connectivity index (χ3n) is 3.66. The Balaban J connectivity index is 1.83. The first-order valence-electron chi connectivity index (χ1n) is 6.76. The summed E-state index contributed by atoms with van der Waals surface area (Å²) in [5.41, 5.74) is -0.133. The molecule has 0 aromatic heterocycles.